The lowest BCUT2D eigenvalue weighted by Gasteiger charge is -2.16. The standard InChI is InChI=1S/C22H19N3O4S/c1-3-28-19-10-17-18(11-20(19)29-4-2)24-13-15(12-23)22(17)25-16-6-5-14-7-8-30(26,27)21(14)9-16/h5-11,13H,3-4H2,1-2H3,(H,24,25). The van der Waals surface area contributed by atoms with Crippen LogP contribution < -0.4 is 14.8 Å². The molecule has 0 amide bonds. The average Bonchev–Trinajstić information content (AvgIpc) is 3.03. The zero-order valence-corrected chi connectivity index (χ0v) is 17.3. The molecule has 7 nitrogen and oxygen atoms in total. The molecule has 30 heavy (non-hydrogen) atoms. The number of nitriles is 1. The highest BCUT2D eigenvalue weighted by molar-refractivity contribution is 7.94. The van der Waals surface area contributed by atoms with Crippen molar-refractivity contribution in [1.29, 1.82) is 5.26 Å². The highest BCUT2D eigenvalue weighted by atomic mass is 32.2. The molecule has 1 aliphatic heterocycles. The highest BCUT2D eigenvalue weighted by Gasteiger charge is 2.21. The molecule has 0 spiro atoms. The van der Waals surface area contributed by atoms with E-state index in [4.69, 9.17) is 9.47 Å². The van der Waals surface area contributed by atoms with Gasteiger partial charge in [-0.15, -0.1) is 0 Å². The number of pyridine rings is 1. The summed E-state index contributed by atoms with van der Waals surface area (Å²) < 4.78 is 35.8. The Kier molecular flexibility index (Phi) is 5.06. The molecule has 3 aromatic rings. The quantitative estimate of drug-likeness (QED) is 0.629. The van der Waals surface area contributed by atoms with Crippen LogP contribution in [-0.2, 0) is 9.84 Å². The third kappa shape index (κ3) is 3.44. The first-order valence-corrected chi connectivity index (χ1v) is 11.0. The number of benzene rings is 2. The first-order chi connectivity index (χ1) is 14.5. The number of sulfone groups is 1. The first-order valence-electron chi connectivity index (χ1n) is 9.43. The molecule has 0 bridgehead atoms. The van der Waals surface area contributed by atoms with Gasteiger partial charge < -0.3 is 14.8 Å². The van der Waals surface area contributed by atoms with Gasteiger partial charge in [-0.3, -0.25) is 4.98 Å². The van der Waals surface area contributed by atoms with Crippen LogP contribution in [0.2, 0.25) is 0 Å². The van der Waals surface area contributed by atoms with E-state index < -0.39 is 9.84 Å². The Hall–Kier alpha value is -3.57. The predicted molar refractivity (Wildman–Crippen MR) is 115 cm³/mol. The minimum Gasteiger partial charge on any atom is -0.490 e. The van der Waals surface area contributed by atoms with Crippen molar-refractivity contribution in [2.75, 3.05) is 18.5 Å². The van der Waals surface area contributed by atoms with Crippen molar-refractivity contribution >= 4 is 38.2 Å². The van der Waals surface area contributed by atoms with Gasteiger partial charge >= 0.3 is 0 Å². The van der Waals surface area contributed by atoms with Crippen molar-refractivity contribution in [2.24, 2.45) is 0 Å². The van der Waals surface area contributed by atoms with Crippen LogP contribution in [0.1, 0.15) is 25.0 Å². The third-order valence-electron chi connectivity index (χ3n) is 4.67. The van der Waals surface area contributed by atoms with Crippen LogP contribution in [0.3, 0.4) is 0 Å². The van der Waals surface area contributed by atoms with Crippen LogP contribution in [0.15, 0.2) is 46.8 Å². The summed E-state index contributed by atoms with van der Waals surface area (Å²) in [5, 5.41) is 14.7. The molecular formula is C22H19N3O4S. The maximum atomic E-state index is 12.2. The van der Waals surface area contributed by atoms with Gasteiger partial charge in [0.2, 0.25) is 9.84 Å². The maximum absolute atomic E-state index is 12.2. The summed E-state index contributed by atoms with van der Waals surface area (Å²) in [5.41, 5.74) is 2.67. The number of fused-ring (bicyclic) bond motifs is 2. The van der Waals surface area contributed by atoms with E-state index in [1.807, 2.05) is 13.8 Å². The Morgan fingerprint density at radius 1 is 1.10 bits per heavy atom. The van der Waals surface area contributed by atoms with E-state index in [2.05, 4.69) is 16.4 Å². The topological polar surface area (TPSA) is 101 Å². The van der Waals surface area contributed by atoms with Gasteiger partial charge in [-0.1, -0.05) is 6.07 Å². The normalized spacial score (nSPS) is 13.6. The van der Waals surface area contributed by atoms with Crippen molar-refractivity contribution < 1.29 is 17.9 Å². The average molecular weight is 421 g/mol. The van der Waals surface area contributed by atoms with E-state index in [-0.39, 0.29) is 4.90 Å². The molecule has 4 rings (SSSR count). The summed E-state index contributed by atoms with van der Waals surface area (Å²) >= 11 is 0. The minimum absolute atomic E-state index is 0.234. The van der Waals surface area contributed by atoms with Gasteiger partial charge in [0.15, 0.2) is 11.5 Å². The molecule has 1 aromatic heterocycles. The molecule has 0 saturated carbocycles. The van der Waals surface area contributed by atoms with E-state index in [0.29, 0.717) is 58.1 Å². The van der Waals surface area contributed by atoms with Crippen molar-refractivity contribution in [3.63, 3.8) is 0 Å². The summed E-state index contributed by atoms with van der Waals surface area (Å²) in [5.74, 6) is 1.12. The molecule has 0 aliphatic carbocycles. The molecule has 1 aliphatic rings. The Morgan fingerprint density at radius 2 is 1.83 bits per heavy atom. The molecule has 2 heterocycles. The molecule has 152 valence electrons. The van der Waals surface area contributed by atoms with Crippen molar-refractivity contribution in [1.82, 2.24) is 4.98 Å². The van der Waals surface area contributed by atoms with Crippen LogP contribution in [0.4, 0.5) is 11.4 Å². The molecule has 1 N–H and O–H groups in total. The zero-order chi connectivity index (χ0) is 21.3. The van der Waals surface area contributed by atoms with Crippen LogP contribution >= 0.6 is 0 Å². The third-order valence-corrected chi connectivity index (χ3v) is 6.13. The first kappa shape index (κ1) is 19.7. The van der Waals surface area contributed by atoms with Crippen LogP contribution in [0.25, 0.3) is 17.0 Å². The fourth-order valence-corrected chi connectivity index (χ4v) is 4.56. The molecule has 0 radical (unpaired) electrons. The Bertz CT molecular complexity index is 1320. The van der Waals surface area contributed by atoms with Gasteiger partial charge in [0.1, 0.15) is 6.07 Å². The lowest BCUT2D eigenvalue weighted by molar-refractivity contribution is 0.288. The van der Waals surface area contributed by atoms with Crippen LogP contribution in [0, 0.1) is 11.3 Å². The largest absolute Gasteiger partial charge is 0.490 e. The number of nitrogens with zero attached hydrogens (tertiary/aromatic N) is 2. The van der Waals surface area contributed by atoms with E-state index in [1.54, 1.807) is 36.4 Å². The molecule has 8 heteroatoms. The number of hydrogen-bond donors (Lipinski definition) is 1. The molecule has 0 fully saturated rings. The molecule has 0 saturated heterocycles. The lowest BCUT2D eigenvalue weighted by Crippen LogP contribution is -2.02. The Labute approximate surface area is 174 Å². The predicted octanol–water partition coefficient (Wildman–Crippen LogP) is 4.41. The summed E-state index contributed by atoms with van der Waals surface area (Å²) in [7, 11) is -3.44. The second-order valence-electron chi connectivity index (χ2n) is 6.57. The summed E-state index contributed by atoms with van der Waals surface area (Å²) in [6.45, 7) is 4.69. The zero-order valence-electron chi connectivity index (χ0n) is 16.5. The number of anilines is 2. The van der Waals surface area contributed by atoms with Crippen molar-refractivity contribution in [3.05, 3.63) is 53.1 Å². The SMILES string of the molecule is CCOc1cc2ncc(C#N)c(Nc3ccc4c(c3)S(=O)(=O)C=C4)c2cc1OCC. The maximum Gasteiger partial charge on any atom is 0.200 e. The van der Waals surface area contributed by atoms with Gasteiger partial charge in [0.25, 0.3) is 0 Å². The highest BCUT2D eigenvalue weighted by Crippen LogP contribution is 2.38. The van der Waals surface area contributed by atoms with Crippen molar-refractivity contribution in [3.8, 4) is 17.6 Å². The summed E-state index contributed by atoms with van der Waals surface area (Å²) in [6.07, 6.45) is 3.05. The molecular weight excluding hydrogens is 402 g/mol. The van der Waals surface area contributed by atoms with Gasteiger partial charge in [0, 0.05) is 28.7 Å². The van der Waals surface area contributed by atoms with Crippen molar-refractivity contribution in [2.45, 2.75) is 18.7 Å². The van der Waals surface area contributed by atoms with Crippen LogP contribution in [0.5, 0.6) is 11.5 Å². The van der Waals surface area contributed by atoms with Gasteiger partial charge in [-0.2, -0.15) is 5.26 Å². The molecule has 2 aromatic carbocycles. The van der Waals surface area contributed by atoms with E-state index in [0.717, 1.165) is 0 Å². The van der Waals surface area contributed by atoms with Crippen LogP contribution in [-0.4, -0.2) is 26.6 Å². The Morgan fingerprint density at radius 3 is 2.53 bits per heavy atom. The molecule has 0 atom stereocenters. The number of nitrogens with one attached hydrogen (secondary N) is 1. The smallest absolute Gasteiger partial charge is 0.200 e. The monoisotopic (exact) mass is 421 g/mol. The lowest BCUT2D eigenvalue weighted by atomic mass is 10.1. The number of ether oxygens (including phenoxy) is 2. The fraction of sp³-hybridized carbons (Fsp3) is 0.182. The number of rotatable bonds is 6. The number of hydrogen-bond acceptors (Lipinski definition) is 7. The van der Waals surface area contributed by atoms with E-state index in [9.17, 15) is 13.7 Å². The fourth-order valence-electron chi connectivity index (χ4n) is 3.33. The number of aromatic nitrogens is 1. The minimum atomic E-state index is -3.44. The van der Waals surface area contributed by atoms with E-state index >= 15 is 0 Å². The molecule has 0 unspecified atom stereocenters. The van der Waals surface area contributed by atoms with Gasteiger partial charge in [0.05, 0.1) is 34.9 Å². The van der Waals surface area contributed by atoms with E-state index in [1.165, 1.54) is 11.6 Å². The second kappa shape index (κ2) is 7.69. The Balaban J connectivity index is 1.86. The van der Waals surface area contributed by atoms with Gasteiger partial charge in [-0.05, 0) is 43.7 Å². The summed E-state index contributed by atoms with van der Waals surface area (Å²) in [6, 6.07) is 10.8. The second-order valence-corrected chi connectivity index (χ2v) is 8.37. The summed E-state index contributed by atoms with van der Waals surface area (Å²) in [4.78, 5) is 4.61. The van der Waals surface area contributed by atoms with Gasteiger partial charge in [-0.25, -0.2) is 8.42 Å².